The fourth-order valence-corrected chi connectivity index (χ4v) is 2.51. The Morgan fingerprint density at radius 3 is 2.62 bits per heavy atom. The van der Waals surface area contributed by atoms with Crippen molar-refractivity contribution in [2.75, 3.05) is 23.7 Å². The highest BCUT2D eigenvalue weighted by Gasteiger charge is 2.18. The van der Waals surface area contributed by atoms with Crippen LogP contribution in [-0.2, 0) is 0 Å². The monoisotopic (exact) mass is 218 g/mol. The summed E-state index contributed by atoms with van der Waals surface area (Å²) in [6, 6.07) is 4.34. The number of aryl methyl sites for hydroxylation is 2. The number of hydrogen-bond donors (Lipinski definition) is 1. The highest BCUT2D eigenvalue weighted by Crippen LogP contribution is 2.30. The first-order valence-corrected chi connectivity index (χ1v) is 6.19. The molecule has 1 saturated heterocycles. The molecule has 2 nitrogen and oxygen atoms in total. The highest BCUT2D eigenvalue weighted by molar-refractivity contribution is 5.70. The lowest BCUT2D eigenvalue weighted by Crippen LogP contribution is -2.34. The van der Waals surface area contributed by atoms with Crippen molar-refractivity contribution in [1.29, 1.82) is 0 Å². The average Bonchev–Trinajstić information content (AvgIpc) is 2.23. The van der Waals surface area contributed by atoms with Crippen LogP contribution in [-0.4, -0.2) is 13.1 Å². The molecule has 1 heterocycles. The number of benzene rings is 1. The van der Waals surface area contributed by atoms with Crippen LogP contribution in [0.5, 0.6) is 0 Å². The van der Waals surface area contributed by atoms with Crippen LogP contribution in [0, 0.1) is 19.8 Å². The van der Waals surface area contributed by atoms with Crippen LogP contribution >= 0.6 is 0 Å². The Kier molecular flexibility index (Phi) is 3.08. The van der Waals surface area contributed by atoms with Gasteiger partial charge in [-0.2, -0.15) is 0 Å². The number of nitrogens with zero attached hydrogens (tertiary/aromatic N) is 1. The van der Waals surface area contributed by atoms with Crippen LogP contribution in [0.4, 0.5) is 11.4 Å². The fourth-order valence-electron chi connectivity index (χ4n) is 2.51. The third-order valence-corrected chi connectivity index (χ3v) is 3.64. The standard InChI is InChI=1S/C14H22N2/c1-10-5-4-6-16(9-10)14-8-12(3)11(2)7-13(14)15/h7-8,10H,4-6,9,15H2,1-3H3. The van der Waals surface area contributed by atoms with Crippen LogP contribution in [0.25, 0.3) is 0 Å². The van der Waals surface area contributed by atoms with Crippen molar-refractivity contribution in [2.24, 2.45) is 5.92 Å². The lowest BCUT2D eigenvalue weighted by Gasteiger charge is -2.34. The largest absolute Gasteiger partial charge is 0.397 e. The van der Waals surface area contributed by atoms with Gasteiger partial charge < -0.3 is 10.6 Å². The van der Waals surface area contributed by atoms with E-state index in [0.29, 0.717) is 0 Å². The predicted octanol–water partition coefficient (Wildman–Crippen LogP) is 3.12. The number of nitrogens with two attached hydrogens (primary N) is 1. The summed E-state index contributed by atoms with van der Waals surface area (Å²) in [5.74, 6) is 0.787. The van der Waals surface area contributed by atoms with Crippen molar-refractivity contribution in [2.45, 2.75) is 33.6 Å². The van der Waals surface area contributed by atoms with Crippen LogP contribution in [0.1, 0.15) is 30.9 Å². The van der Waals surface area contributed by atoms with Crippen molar-refractivity contribution in [3.8, 4) is 0 Å². The minimum Gasteiger partial charge on any atom is -0.397 e. The lowest BCUT2D eigenvalue weighted by molar-refractivity contribution is 0.447. The molecule has 0 aromatic heterocycles. The van der Waals surface area contributed by atoms with Gasteiger partial charge in [-0.3, -0.25) is 0 Å². The number of anilines is 2. The first kappa shape index (κ1) is 11.3. The molecule has 0 bridgehead atoms. The van der Waals surface area contributed by atoms with E-state index in [9.17, 15) is 0 Å². The smallest absolute Gasteiger partial charge is 0.0602 e. The van der Waals surface area contributed by atoms with E-state index in [1.165, 1.54) is 29.7 Å². The molecule has 1 fully saturated rings. The summed E-state index contributed by atoms with van der Waals surface area (Å²) in [5.41, 5.74) is 10.9. The minimum absolute atomic E-state index is 0.787. The average molecular weight is 218 g/mol. The molecule has 1 aromatic carbocycles. The Morgan fingerprint density at radius 2 is 1.94 bits per heavy atom. The lowest BCUT2D eigenvalue weighted by atomic mass is 9.98. The molecule has 16 heavy (non-hydrogen) atoms. The van der Waals surface area contributed by atoms with Gasteiger partial charge in [-0.05, 0) is 55.9 Å². The topological polar surface area (TPSA) is 29.3 Å². The number of piperidine rings is 1. The normalized spacial score (nSPS) is 21.2. The first-order valence-electron chi connectivity index (χ1n) is 6.19. The summed E-state index contributed by atoms with van der Waals surface area (Å²) in [4.78, 5) is 2.44. The van der Waals surface area contributed by atoms with Crippen molar-refractivity contribution >= 4 is 11.4 Å². The zero-order chi connectivity index (χ0) is 11.7. The molecule has 0 amide bonds. The van der Waals surface area contributed by atoms with Gasteiger partial charge in [0.05, 0.1) is 11.4 Å². The second-order valence-electron chi connectivity index (χ2n) is 5.19. The van der Waals surface area contributed by atoms with Gasteiger partial charge in [0.25, 0.3) is 0 Å². The maximum Gasteiger partial charge on any atom is 0.0602 e. The van der Waals surface area contributed by atoms with Crippen molar-refractivity contribution in [3.05, 3.63) is 23.3 Å². The Bertz CT molecular complexity index is 385. The summed E-state index contributed by atoms with van der Waals surface area (Å²) in [6.45, 7) is 8.90. The summed E-state index contributed by atoms with van der Waals surface area (Å²) in [6.07, 6.45) is 2.63. The van der Waals surface area contributed by atoms with Crippen LogP contribution in [0.15, 0.2) is 12.1 Å². The maximum absolute atomic E-state index is 6.12. The molecule has 1 aliphatic heterocycles. The molecule has 0 aliphatic carbocycles. The summed E-state index contributed by atoms with van der Waals surface area (Å²) >= 11 is 0. The van der Waals surface area contributed by atoms with Crippen molar-refractivity contribution < 1.29 is 0 Å². The Morgan fingerprint density at radius 1 is 1.25 bits per heavy atom. The predicted molar refractivity (Wildman–Crippen MR) is 70.9 cm³/mol. The summed E-state index contributed by atoms with van der Waals surface area (Å²) in [7, 11) is 0. The van der Waals surface area contributed by atoms with Gasteiger partial charge in [0.1, 0.15) is 0 Å². The molecule has 2 rings (SSSR count). The molecule has 2 heteroatoms. The molecular formula is C14H22N2. The van der Waals surface area contributed by atoms with Crippen molar-refractivity contribution in [3.63, 3.8) is 0 Å². The maximum atomic E-state index is 6.12. The first-order chi connectivity index (χ1) is 7.58. The third-order valence-electron chi connectivity index (χ3n) is 3.64. The number of hydrogen-bond acceptors (Lipinski definition) is 2. The zero-order valence-corrected chi connectivity index (χ0v) is 10.6. The summed E-state index contributed by atoms with van der Waals surface area (Å²) < 4.78 is 0. The molecule has 1 aromatic rings. The Balaban J connectivity index is 2.29. The second kappa shape index (κ2) is 4.36. The van der Waals surface area contributed by atoms with E-state index in [2.05, 4.69) is 37.8 Å². The Hall–Kier alpha value is -1.18. The van der Waals surface area contributed by atoms with Crippen LogP contribution in [0.3, 0.4) is 0 Å². The van der Waals surface area contributed by atoms with Crippen LogP contribution < -0.4 is 10.6 Å². The SMILES string of the molecule is Cc1cc(N)c(N2CCCC(C)C2)cc1C. The molecule has 88 valence electrons. The molecule has 0 spiro atoms. The highest BCUT2D eigenvalue weighted by atomic mass is 15.1. The van der Waals surface area contributed by atoms with Gasteiger partial charge >= 0.3 is 0 Å². The van der Waals surface area contributed by atoms with E-state index >= 15 is 0 Å². The van der Waals surface area contributed by atoms with Crippen LogP contribution in [0.2, 0.25) is 0 Å². The van der Waals surface area contributed by atoms with E-state index in [4.69, 9.17) is 5.73 Å². The third kappa shape index (κ3) is 2.16. The molecule has 1 aliphatic rings. The quantitative estimate of drug-likeness (QED) is 0.734. The van der Waals surface area contributed by atoms with Gasteiger partial charge in [-0.15, -0.1) is 0 Å². The molecule has 0 radical (unpaired) electrons. The second-order valence-corrected chi connectivity index (χ2v) is 5.19. The van der Waals surface area contributed by atoms with E-state index in [1.807, 2.05) is 0 Å². The van der Waals surface area contributed by atoms with E-state index < -0.39 is 0 Å². The Labute approximate surface area is 98.4 Å². The van der Waals surface area contributed by atoms with Gasteiger partial charge in [-0.25, -0.2) is 0 Å². The molecular weight excluding hydrogens is 196 g/mol. The van der Waals surface area contributed by atoms with E-state index in [0.717, 1.165) is 24.7 Å². The molecule has 2 N–H and O–H groups in total. The van der Waals surface area contributed by atoms with Crippen molar-refractivity contribution in [1.82, 2.24) is 0 Å². The van der Waals surface area contributed by atoms with Gasteiger partial charge in [0, 0.05) is 13.1 Å². The molecule has 0 saturated carbocycles. The zero-order valence-electron chi connectivity index (χ0n) is 10.6. The summed E-state index contributed by atoms with van der Waals surface area (Å²) in [5, 5.41) is 0. The molecule has 1 atom stereocenters. The minimum atomic E-state index is 0.787. The number of rotatable bonds is 1. The van der Waals surface area contributed by atoms with Gasteiger partial charge in [0.15, 0.2) is 0 Å². The number of nitrogen functional groups attached to an aromatic ring is 1. The fraction of sp³-hybridized carbons (Fsp3) is 0.571. The van der Waals surface area contributed by atoms with Gasteiger partial charge in [-0.1, -0.05) is 6.92 Å². The molecule has 1 unspecified atom stereocenters. The van der Waals surface area contributed by atoms with Gasteiger partial charge in [0.2, 0.25) is 0 Å². The van der Waals surface area contributed by atoms with E-state index in [-0.39, 0.29) is 0 Å². The van der Waals surface area contributed by atoms with E-state index in [1.54, 1.807) is 0 Å².